The van der Waals surface area contributed by atoms with Crippen molar-refractivity contribution < 1.29 is 33.0 Å². The molecule has 3 aromatic carbocycles. The van der Waals surface area contributed by atoms with E-state index in [-0.39, 0.29) is 29.9 Å². The quantitative estimate of drug-likeness (QED) is 0.141. The lowest BCUT2D eigenvalue weighted by molar-refractivity contribution is -0.131. The van der Waals surface area contributed by atoms with Crippen molar-refractivity contribution in [2.75, 3.05) is 6.16 Å². The first kappa shape index (κ1) is 36.2. The highest BCUT2D eigenvalue weighted by Gasteiger charge is 2.38. The molecule has 48 heavy (non-hydrogen) atoms. The predicted molar refractivity (Wildman–Crippen MR) is 182 cm³/mol. The fourth-order valence-electron chi connectivity index (χ4n) is 5.84. The van der Waals surface area contributed by atoms with Crippen LogP contribution in [0.15, 0.2) is 91.0 Å². The number of hydrogen-bond donors (Lipinski definition) is 5. The Morgan fingerprint density at radius 3 is 2.19 bits per heavy atom. The van der Waals surface area contributed by atoms with Crippen LogP contribution in [-0.4, -0.2) is 46.8 Å². The maximum atomic E-state index is 13.8. The van der Waals surface area contributed by atoms with E-state index in [4.69, 9.17) is 5.73 Å². The van der Waals surface area contributed by atoms with Gasteiger partial charge in [0.1, 0.15) is 29.8 Å². The van der Waals surface area contributed by atoms with Crippen LogP contribution in [-0.2, 0) is 18.9 Å². The molecule has 0 radical (unpaired) electrons. The number of nitrogens with one attached hydrogen (secondary N) is 3. The molecule has 0 spiro atoms. The fourth-order valence-corrected chi connectivity index (χ4v) is 7.48. The maximum absolute atomic E-state index is 13.8. The third-order valence-corrected chi connectivity index (χ3v) is 10.3. The molecule has 10 nitrogen and oxygen atoms in total. The lowest BCUT2D eigenvalue weighted by Gasteiger charge is -2.29. The molecule has 6 N–H and O–H groups in total. The molecule has 4 rings (SSSR count). The van der Waals surface area contributed by atoms with Gasteiger partial charge in [0.25, 0.3) is 5.91 Å². The summed E-state index contributed by atoms with van der Waals surface area (Å²) in [4.78, 5) is 63.5. The van der Waals surface area contributed by atoms with Gasteiger partial charge < -0.3 is 26.6 Å². The summed E-state index contributed by atoms with van der Waals surface area (Å²) in [5, 5.41) is 7.79. The summed E-state index contributed by atoms with van der Waals surface area (Å²) in [7, 11) is -4.54. The number of primary amides is 1. The van der Waals surface area contributed by atoms with E-state index < -0.39 is 60.8 Å². The lowest BCUT2D eigenvalue weighted by Crippen LogP contribution is -2.53. The number of halogens is 1. The van der Waals surface area contributed by atoms with Gasteiger partial charge in [-0.1, -0.05) is 111 Å². The Morgan fingerprint density at radius 1 is 0.875 bits per heavy atom. The van der Waals surface area contributed by atoms with Crippen LogP contribution in [0.5, 0.6) is 0 Å². The number of rotatable bonds is 15. The first-order valence-electron chi connectivity index (χ1n) is 16.1. The molecule has 0 bridgehead atoms. The summed E-state index contributed by atoms with van der Waals surface area (Å²) < 4.78 is 27.6. The molecule has 1 aliphatic rings. The van der Waals surface area contributed by atoms with Crippen molar-refractivity contribution in [2.45, 2.75) is 62.8 Å². The van der Waals surface area contributed by atoms with E-state index in [9.17, 15) is 33.0 Å². The Bertz CT molecular complexity index is 1630. The van der Waals surface area contributed by atoms with Crippen LogP contribution >= 0.6 is 7.37 Å². The molecule has 12 heteroatoms. The minimum atomic E-state index is -4.54. The molecular weight excluding hydrogens is 634 g/mol. The summed E-state index contributed by atoms with van der Waals surface area (Å²) in [6.07, 6.45) is 7.78. The van der Waals surface area contributed by atoms with Crippen LogP contribution in [0.4, 0.5) is 4.39 Å². The zero-order valence-corrected chi connectivity index (χ0v) is 27.5. The standard InChI is InChI=1S/C36H42FN4O6P/c37-29-20-11-19-28(23-29)34(44)41-36(27-17-8-3-9-18-27)48(46,47)24-32(42)39-31(22-26-14-6-2-7-15-26)35(45)40-30(33(38)43)21-10-16-25-12-4-1-5-13-25/h1,3-5,8-13,16-20,23,26,30-31,36H,2,6-7,14-15,21-22,24H2,(H2,38,43)(H,39,42)(H,40,45)(H,41,44)(H,46,47)/b16-10+/t30-,31-,36?/m0/s1. The largest absolute Gasteiger partial charge is 0.368 e. The van der Waals surface area contributed by atoms with Crippen LogP contribution in [0.25, 0.3) is 6.08 Å². The third-order valence-electron chi connectivity index (χ3n) is 8.33. The summed E-state index contributed by atoms with van der Waals surface area (Å²) in [5.41, 5.74) is 6.72. The SMILES string of the molecule is NC(=O)[C@H](C/C=C/c1ccccc1)NC(=O)[C@H](CC1CCCCC1)NC(=O)CP(=O)(O)C(NC(=O)c1cccc(F)c1)c1ccccc1. The van der Waals surface area contributed by atoms with Gasteiger partial charge >= 0.3 is 0 Å². The average molecular weight is 677 g/mol. The number of benzene rings is 3. The molecule has 1 saturated carbocycles. The molecule has 2 unspecified atom stereocenters. The minimum Gasteiger partial charge on any atom is -0.368 e. The van der Waals surface area contributed by atoms with Crippen LogP contribution in [0.2, 0.25) is 0 Å². The Kier molecular flexibility index (Phi) is 13.2. The normalized spacial score (nSPS) is 16.6. The van der Waals surface area contributed by atoms with E-state index in [0.29, 0.717) is 0 Å². The second kappa shape index (κ2) is 17.5. The van der Waals surface area contributed by atoms with Gasteiger partial charge in [-0.25, -0.2) is 4.39 Å². The Labute approximate surface area is 279 Å². The van der Waals surface area contributed by atoms with Gasteiger partial charge in [0.05, 0.1) is 0 Å². The molecule has 0 aliphatic heterocycles. The molecule has 4 amide bonds. The van der Waals surface area contributed by atoms with Crippen molar-refractivity contribution in [2.24, 2.45) is 11.7 Å². The van der Waals surface area contributed by atoms with Gasteiger partial charge in [0.2, 0.25) is 25.1 Å². The Balaban J connectivity index is 1.49. The van der Waals surface area contributed by atoms with Crippen LogP contribution in [0.1, 0.15) is 72.2 Å². The van der Waals surface area contributed by atoms with E-state index in [1.165, 1.54) is 30.3 Å². The predicted octanol–water partition coefficient (Wildman–Crippen LogP) is 5.05. The molecule has 0 saturated heterocycles. The smallest absolute Gasteiger partial charge is 0.252 e. The van der Waals surface area contributed by atoms with E-state index in [1.54, 1.807) is 30.4 Å². The molecule has 4 atom stereocenters. The van der Waals surface area contributed by atoms with E-state index >= 15 is 0 Å². The lowest BCUT2D eigenvalue weighted by atomic mass is 9.84. The highest BCUT2D eigenvalue weighted by molar-refractivity contribution is 7.59. The monoisotopic (exact) mass is 676 g/mol. The van der Waals surface area contributed by atoms with E-state index in [1.807, 2.05) is 30.3 Å². The first-order valence-corrected chi connectivity index (χ1v) is 18.0. The van der Waals surface area contributed by atoms with E-state index in [2.05, 4.69) is 16.0 Å². The number of carbonyl (C=O) groups is 4. The van der Waals surface area contributed by atoms with Crippen molar-refractivity contribution >= 4 is 37.1 Å². The first-order chi connectivity index (χ1) is 23.0. The zero-order valence-electron chi connectivity index (χ0n) is 26.6. The summed E-state index contributed by atoms with van der Waals surface area (Å²) in [6.45, 7) is 0. The maximum Gasteiger partial charge on any atom is 0.252 e. The van der Waals surface area contributed by atoms with Crippen molar-refractivity contribution in [3.8, 4) is 0 Å². The van der Waals surface area contributed by atoms with Crippen molar-refractivity contribution in [3.05, 3.63) is 114 Å². The minimum absolute atomic E-state index is 0.0628. The Hall–Kier alpha value is -4.60. The highest BCUT2D eigenvalue weighted by Crippen LogP contribution is 2.53. The molecule has 0 heterocycles. The van der Waals surface area contributed by atoms with E-state index in [0.717, 1.165) is 43.7 Å². The molecule has 3 aromatic rings. The summed E-state index contributed by atoms with van der Waals surface area (Å²) >= 11 is 0. The van der Waals surface area contributed by atoms with Crippen molar-refractivity contribution in [1.29, 1.82) is 0 Å². The number of carbonyl (C=O) groups excluding carboxylic acids is 4. The average Bonchev–Trinajstić information content (AvgIpc) is 3.07. The van der Waals surface area contributed by atoms with Crippen molar-refractivity contribution in [1.82, 2.24) is 16.0 Å². The molecule has 1 aliphatic carbocycles. The number of amides is 4. The fraction of sp³-hybridized carbons (Fsp3) is 0.333. The summed E-state index contributed by atoms with van der Waals surface area (Å²) in [5.74, 6) is -5.08. The van der Waals surface area contributed by atoms with Gasteiger partial charge in [0, 0.05) is 5.56 Å². The molecule has 254 valence electrons. The zero-order chi connectivity index (χ0) is 34.5. The van der Waals surface area contributed by atoms with Crippen LogP contribution in [0, 0.1) is 11.7 Å². The van der Waals surface area contributed by atoms with Crippen molar-refractivity contribution in [3.63, 3.8) is 0 Å². The molecule has 0 aromatic heterocycles. The van der Waals surface area contributed by atoms with Crippen LogP contribution < -0.4 is 21.7 Å². The highest BCUT2D eigenvalue weighted by atomic mass is 31.2. The third kappa shape index (κ3) is 11.0. The topological polar surface area (TPSA) is 168 Å². The Morgan fingerprint density at radius 2 is 1.54 bits per heavy atom. The molecule has 1 fully saturated rings. The van der Waals surface area contributed by atoms with Gasteiger partial charge in [-0.2, -0.15) is 0 Å². The number of nitrogens with two attached hydrogens (primary N) is 1. The van der Waals surface area contributed by atoms with Gasteiger partial charge in [-0.05, 0) is 48.1 Å². The summed E-state index contributed by atoms with van der Waals surface area (Å²) in [6, 6.07) is 20.1. The second-order valence-corrected chi connectivity index (χ2v) is 14.4. The van der Waals surface area contributed by atoms with Gasteiger partial charge in [-0.15, -0.1) is 0 Å². The molecular formula is C36H42FN4O6P. The number of hydrogen-bond acceptors (Lipinski definition) is 5. The van der Waals surface area contributed by atoms with Gasteiger partial charge in [0.15, 0.2) is 0 Å². The van der Waals surface area contributed by atoms with Crippen LogP contribution in [0.3, 0.4) is 0 Å². The second-order valence-electron chi connectivity index (χ2n) is 12.1. The van der Waals surface area contributed by atoms with Gasteiger partial charge in [-0.3, -0.25) is 23.7 Å².